The van der Waals surface area contributed by atoms with Gasteiger partial charge in [-0.25, -0.2) is 0 Å². The molecule has 0 saturated heterocycles. The van der Waals surface area contributed by atoms with E-state index in [0.29, 0.717) is 0 Å². The first-order valence-corrected chi connectivity index (χ1v) is 6.47. The molecule has 0 saturated carbocycles. The highest BCUT2D eigenvalue weighted by atomic mass is 16.2. The highest BCUT2D eigenvalue weighted by Crippen LogP contribution is 2.35. The van der Waals surface area contributed by atoms with Gasteiger partial charge in [-0.3, -0.25) is 9.59 Å². The van der Waals surface area contributed by atoms with Crippen LogP contribution in [0.4, 0.5) is 5.69 Å². The van der Waals surface area contributed by atoms with Crippen molar-refractivity contribution in [1.29, 1.82) is 0 Å². The topological polar surface area (TPSA) is 49.4 Å². The maximum atomic E-state index is 12.3. The minimum Gasteiger partial charge on any atom is -0.351 e. The van der Waals surface area contributed by atoms with Gasteiger partial charge >= 0.3 is 0 Å². The summed E-state index contributed by atoms with van der Waals surface area (Å²) in [6.45, 7) is 5.81. The van der Waals surface area contributed by atoms with Crippen LogP contribution in [0.3, 0.4) is 0 Å². The Morgan fingerprint density at radius 1 is 1.32 bits per heavy atom. The Labute approximate surface area is 113 Å². The van der Waals surface area contributed by atoms with Crippen molar-refractivity contribution < 1.29 is 9.59 Å². The molecule has 0 radical (unpaired) electrons. The van der Waals surface area contributed by atoms with E-state index < -0.39 is 0 Å². The van der Waals surface area contributed by atoms with Crippen LogP contribution in [0.5, 0.6) is 0 Å². The fourth-order valence-corrected chi connectivity index (χ4v) is 2.33. The van der Waals surface area contributed by atoms with Crippen molar-refractivity contribution in [3.8, 4) is 0 Å². The summed E-state index contributed by atoms with van der Waals surface area (Å²) < 4.78 is 0. The van der Waals surface area contributed by atoms with Crippen LogP contribution in [0.15, 0.2) is 24.3 Å². The van der Waals surface area contributed by atoms with Crippen molar-refractivity contribution in [2.24, 2.45) is 0 Å². The molecule has 0 spiro atoms. The van der Waals surface area contributed by atoms with Gasteiger partial charge in [0.1, 0.15) is 0 Å². The second-order valence-corrected chi connectivity index (χ2v) is 6.01. The summed E-state index contributed by atoms with van der Waals surface area (Å²) >= 11 is 0. The third-order valence-corrected chi connectivity index (χ3v) is 3.24. The monoisotopic (exact) mass is 260 g/mol. The van der Waals surface area contributed by atoms with Crippen LogP contribution in [-0.4, -0.2) is 24.4 Å². The molecular formula is C15H20N2O2. The number of carbonyl (C=O) groups excluding carboxylic acids is 2. The minimum absolute atomic E-state index is 0.0206. The number of para-hydroxylation sites is 1. The zero-order chi connectivity index (χ0) is 14.2. The first-order valence-electron chi connectivity index (χ1n) is 6.47. The molecule has 1 atom stereocenters. The van der Waals surface area contributed by atoms with Gasteiger partial charge in [-0.1, -0.05) is 18.2 Å². The molecule has 1 aliphatic heterocycles. The van der Waals surface area contributed by atoms with Gasteiger partial charge in [0.05, 0.1) is 5.92 Å². The third kappa shape index (κ3) is 2.78. The van der Waals surface area contributed by atoms with Gasteiger partial charge in [-0.05, 0) is 32.4 Å². The maximum absolute atomic E-state index is 12.3. The molecule has 1 N–H and O–H groups in total. The second kappa shape index (κ2) is 4.68. The SMILES string of the molecule is CN1C(=O)CC(C(=O)NC(C)(C)C)c2ccccc21. The van der Waals surface area contributed by atoms with E-state index in [1.54, 1.807) is 11.9 Å². The highest BCUT2D eigenvalue weighted by Gasteiger charge is 2.34. The van der Waals surface area contributed by atoms with E-state index in [4.69, 9.17) is 0 Å². The Morgan fingerprint density at radius 2 is 1.95 bits per heavy atom. The van der Waals surface area contributed by atoms with Gasteiger partial charge in [0.2, 0.25) is 11.8 Å². The predicted octanol–water partition coefficient (Wildman–Crippen LogP) is 2.05. The summed E-state index contributed by atoms with van der Waals surface area (Å²) in [7, 11) is 1.75. The van der Waals surface area contributed by atoms with Crippen molar-refractivity contribution in [3.05, 3.63) is 29.8 Å². The number of fused-ring (bicyclic) bond motifs is 1. The lowest BCUT2D eigenvalue weighted by molar-refractivity contribution is -0.128. The Kier molecular flexibility index (Phi) is 3.35. The predicted molar refractivity (Wildman–Crippen MR) is 75.1 cm³/mol. The zero-order valence-electron chi connectivity index (χ0n) is 11.9. The lowest BCUT2D eigenvalue weighted by Crippen LogP contribution is -2.46. The van der Waals surface area contributed by atoms with Crippen molar-refractivity contribution in [2.45, 2.75) is 38.6 Å². The Bertz CT molecular complexity index is 517. The first-order chi connectivity index (χ1) is 8.79. The number of carbonyl (C=O) groups is 2. The molecule has 0 fully saturated rings. The average molecular weight is 260 g/mol. The van der Waals surface area contributed by atoms with Crippen molar-refractivity contribution in [1.82, 2.24) is 5.32 Å². The summed E-state index contributed by atoms with van der Waals surface area (Å²) in [6, 6.07) is 7.58. The Balaban J connectivity index is 2.35. The normalized spacial score (nSPS) is 19.1. The lowest BCUT2D eigenvalue weighted by atomic mass is 9.88. The maximum Gasteiger partial charge on any atom is 0.228 e. The van der Waals surface area contributed by atoms with E-state index in [9.17, 15) is 9.59 Å². The van der Waals surface area contributed by atoms with E-state index in [1.807, 2.05) is 45.0 Å². The molecule has 2 amide bonds. The summed E-state index contributed by atoms with van der Waals surface area (Å²) in [5.41, 5.74) is 1.46. The lowest BCUT2D eigenvalue weighted by Gasteiger charge is -2.32. The Morgan fingerprint density at radius 3 is 2.58 bits per heavy atom. The number of nitrogens with one attached hydrogen (secondary N) is 1. The number of amides is 2. The minimum atomic E-state index is -0.390. The van der Waals surface area contributed by atoms with Crippen molar-refractivity contribution >= 4 is 17.5 Å². The third-order valence-electron chi connectivity index (χ3n) is 3.24. The molecule has 0 bridgehead atoms. The standard InChI is InChI=1S/C15H20N2O2/c1-15(2,3)16-14(19)11-9-13(18)17(4)12-8-6-5-7-10(11)12/h5-8,11H,9H2,1-4H3,(H,16,19). The smallest absolute Gasteiger partial charge is 0.228 e. The number of rotatable bonds is 1. The second-order valence-electron chi connectivity index (χ2n) is 6.01. The summed E-state index contributed by atoms with van der Waals surface area (Å²) in [4.78, 5) is 26.0. The fourth-order valence-electron chi connectivity index (χ4n) is 2.33. The van der Waals surface area contributed by atoms with E-state index >= 15 is 0 Å². The molecule has 2 rings (SSSR count). The van der Waals surface area contributed by atoms with E-state index in [0.717, 1.165) is 11.3 Å². The molecule has 0 aliphatic carbocycles. The summed E-state index contributed by atoms with van der Waals surface area (Å²) in [5, 5.41) is 2.96. The number of benzene rings is 1. The molecule has 1 heterocycles. The first kappa shape index (κ1) is 13.6. The molecule has 1 aromatic carbocycles. The summed E-state index contributed by atoms with van der Waals surface area (Å²) in [5.74, 6) is -0.492. The van der Waals surface area contributed by atoms with Crippen LogP contribution >= 0.6 is 0 Å². The molecule has 102 valence electrons. The molecule has 1 unspecified atom stereocenters. The van der Waals surface area contributed by atoms with Crippen LogP contribution in [0.1, 0.15) is 38.7 Å². The van der Waals surface area contributed by atoms with Crippen LogP contribution in [0.25, 0.3) is 0 Å². The quantitative estimate of drug-likeness (QED) is 0.840. The average Bonchev–Trinajstić information content (AvgIpc) is 2.31. The van der Waals surface area contributed by atoms with Gasteiger partial charge in [0, 0.05) is 24.7 Å². The number of hydrogen-bond donors (Lipinski definition) is 1. The zero-order valence-corrected chi connectivity index (χ0v) is 11.9. The van der Waals surface area contributed by atoms with Crippen LogP contribution in [-0.2, 0) is 9.59 Å². The number of anilines is 1. The number of hydrogen-bond acceptors (Lipinski definition) is 2. The number of nitrogens with zero attached hydrogens (tertiary/aromatic N) is 1. The van der Waals surface area contributed by atoms with E-state index in [1.165, 1.54) is 0 Å². The molecule has 4 nitrogen and oxygen atoms in total. The van der Waals surface area contributed by atoms with Crippen molar-refractivity contribution in [2.75, 3.05) is 11.9 Å². The molecular weight excluding hydrogens is 240 g/mol. The van der Waals surface area contributed by atoms with Gasteiger partial charge in [0.15, 0.2) is 0 Å². The summed E-state index contributed by atoms with van der Waals surface area (Å²) in [6.07, 6.45) is 0.232. The highest BCUT2D eigenvalue weighted by molar-refractivity contribution is 6.02. The van der Waals surface area contributed by atoms with Gasteiger partial charge in [-0.2, -0.15) is 0 Å². The van der Waals surface area contributed by atoms with Crippen LogP contribution in [0.2, 0.25) is 0 Å². The molecule has 19 heavy (non-hydrogen) atoms. The molecule has 0 aromatic heterocycles. The molecule has 1 aromatic rings. The largest absolute Gasteiger partial charge is 0.351 e. The van der Waals surface area contributed by atoms with Crippen LogP contribution < -0.4 is 10.2 Å². The Hall–Kier alpha value is -1.84. The van der Waals surface area contributed by atoms with Crippen molar-refractivity contribution in [3.63, 3.8) is 0 Å². The van der Waals surface area contributed by atoms with Gasteiger partial charge < -0.3 is 10.2 Å². The van der Waals surface area contributed by atoms with Gasteiger partial charge in [-0.15, -0.1) is 0 Å². The van der Waals surface area contributed by atoms with Crippen LogP contribution in [0, 0.1) is 0 Å². The molecule has 4 heteroatoms. The fraction of sp³-hybridized carbons (Fsp3) is 0.467. The van der Waals surface area contributed by atoms with E-state index in [-0.39, 0.29) is 29.7 Å². The molecule has 1 aliphatic rings. The van der Waals surface area contributed by atoms with E-state index in [2.05, 4.69) is 5.32 Å². The van der Waals surface area contributed by atoms with Gasteiger partial charge in [0.25, 0.3) is 0 Å².